The van der Waals surface area contributed by atoms with Crippen LogP contribution >= 0.6 is 0 Å². The van der Waals surface area contributed by atoms with Crippen LogP contribution in [-0.2, 0) is 9.47 Å². The highest BCUT2D eigenvalue weighted by atomic mass is 16.5. The standard InChI is InChI=1S/C21H27NO2/c1-17-15-22(16-18(2)24-17)13-14-23-21(19-9-5-3-6-10-19)20-11-7-4-8-12-20/h3-12,17-18,21H,13-16H2,1-2H3. The second-order valence-electron chi connectivity index (χ2n) is 6.59. The van der Waals surface area contributed by atoms with Gasteiger partial charge < -0.3 is 9.47 Å². The molecule has 1 heterocycles. The van der Waals surface area contributed by atoms with Gasteiger partial charge in [0.2, 0.25) is 0 Å². The molecule has 2 aromatic rings. The molecular formula is C21H27NO2. The monoisotopic (exact) mass is 325 g/mol. The van der Waals surface area contributed by atoms with Gasteiger partial charge in [-0.25, -0.2) is 0 Å². The summed E-state index contributed by atoms with van der Waals surface area (Å²) in [5, 5.41) is 0. The molecule has 0 aromatic heterocycles. The molecule has 0 bridgehead atoms. The van der Waals surface area contributed by atoms with Crippen molar-refractivity contribution in [3.8, 4) is 0 Å². The Morgan fingerprint density at radius 1 is 0.917 bits per heavy atom. The third kappa shape index (κ3) is 4.67. The molecule has 24 heavy (non-hydrogen) atoms. The molecule has 0 saturated carbocycles. The SMILES string of the molecule is CC1CN(CCOC(c2ccccc2)c2ccccc2)CC(C)O1. The molecular weight excluding hydrogens is 298 g/mol. The molecule has 3 heteroatoms. The first-order chi connectivity index (χ1) is 11.7. The van der Waals surface area contributed by atoms with Gasteiger partial charge in [0.25, 0.3) is 0 Å². The van der Waals surface area contributed by atoms with E-state index in [9.17, 15) is 0 Å². The summed E-state index contributed by atoms with van der Waals surface area (Å²) in [7, 11) is 0. The van der Waals surface area contributed by atoms with Gasteiger partial charge in [0.1, 0.15) is 6.10 Å². The van der Waals surface area contributed by atoms with Crippen LogP contribution in [0.5, 0.6) is 0 Å². The van der Waals surface area contributed by atoms with Gasteiger partial charge in [0, 0.05) is 19.6 Å². The van der Waals surface area contributed by atoms with Crippen LogP contribution in [0.15, 0.2) is 60.7 Å². The zero-order valence-electron chi connectivity index (χ0n) is 14.6. The van der Waals surface area contributed by atoms with Crippen LogP contribution < -0.4 is 0 Å². The highest BCUT2D eigenvalue weighted by Gasteiger charge is 2.22. The zero-order valence-corrected chi connectivity index (χ0v) is 14.6. The Hall–Kier alpha value is -1.68. The molecule has 128 valence electrons. The molecule has 2 atom stereocenters. The van der Waals surface area contributed by atoms with Crippen molar-refractivity contribution in [1.82, 2.24) is 4.90 Å². The summed E-state index contributed by atoms with van der Waals surface area (Å²) in [6, 6.07) is 20.9. The number of benzene rings is 2. The van der Waals surface area contributed by atoms with E-state index in [2.05, 4.69) is 67.3 Å². The molecule has 2 unspecified atom stereocenters. The van der Waals surface area contributed by atoms with Crippen molar-refractivity contribution in [3.63, 3.8) is 0 Å². The average Bonchev–Trinajstić information content (AvgIpc) is 2.59. The summed E-state index contributed by atoms with van der Waals surface area (Å²) in [6.45, 7) is 7.90. The van der Waals surface area contributed by atoms with Gasteiger partial charge >= 0.3 is 0 Å². The van der Waals surface area contributed by atoms with Crippen molar-refractivity contribution in [1.29, 1.82) is 0 Å². The fourth-order valence-electron chi connectivity index (χ4n) is 3.41. The van der Waals surface area contributed by atoms with Crippen LogP contribution in [0.1, 0.15) is 31.1 Å². The minimum atomic E-state index is -0.0108. The predicted molar refractivity (Wildman–Crippen MR) is 97.1 cm³/mol. The van der Waals surface area contributed by atoms with Crippen molar-refractivity contribution < 1.29 is 9.47 Å². The Labute approximate surface area is 145 Å². The normalized spacial score (nSPS) is 22.0. The van der Waals surface area contributed by atoms with Crippen LogP contribution in [0.4, 0.5) is 0 Å². The van der Waals surface area contributed by atoms with Gasteiger partial charge in [-0.2, -0.15) is 0 Å². The maximum absolute atomic E-state index is 6.30. The second-order valence-corrected chi connectivity index (χ2v) is 6.59. The molecule has 3 nitrogen and oxygen atoms in total. The Kier molecular flexibility index (Phi) is 6.02. The summed E-state index contributed by atoms with van der Waals surface area (Å²) < 4.78 is 12.1. The van der Waals surface area contributed by atoms with E-state index >= 15 is 0 Å². The van der Waals surface area contributed by atoms with E-state index in [-0.39, 0.29) is 6.10 Å². The summed E-state index contributed by atoms with van der Waals surface area (Å²) in [6.07, 6.45) is 0.587. The maximum atomic E-state index is 6.30. The van der Waals surface area contributed by atoms with Crippen molar-refractivity contribution in [2.45, 2.75) is 32.2 Å². The van der Waals surface area contributed by atoms with Gasteiger partial charge in [-0.1, -0.05) is 60.7 Å². The van der Waals surface area contributed by atoms with Crippen molar-refractivity contribution in [2.24, 2.45) is 0 Å². The molecule has 0 amide bonds. The van der Waals surface area contributed by atoms with Gasteiger partial charge in [0.05, 0.1) is 18.8 Å². The molecule has 1 aliphatic heterocycles. The van der Waals surface area contributed by atoms with E-state index in [1.54, 1.807) is 0 Å². The van der Waals surface area contributed by atoms with Crippen LogP contribution in [0.2, 0.25) is 0 Å². The summed E-state index contributed by atoms with van der Waals surface area (Å²) in [5.74, 6) is 0. The van der Waals surface area contributed by atoms with Crippen molar-refractivity contribution in [2.75, 3.05) is 26.2 Å². The van der Waals surface area contributed by atoms with E-state index in [1.807, 2.05) is 12.1 Å². The molecule has 1 fully saturated rings. The highest BCUT2D eigenvalue weighted by Crippen LogP contribution is 2.25. The fourth-order valence-corrected chi connectivity index (χ4v) is 3.41. The Balaban J connectivity index is 1.63. The number of morpholine rings is 1. The molecule has 1 saturated heterocycles. The van der Waals surface area contributed by atoms with Crippen LogP contribution in [0.25, 0.3) is 0 Å². The van der Waals surface area contributed by atoms with E-state index in [1.165, 1.54) is 11.1 Å². The molecule has 0 N–H and O–H groups in total. The largest absolute Gasteiger partial charge is 0.373 e. The molecule has 1 aliphatic rings. The lowest BCUT2D eigenvalue weighted by Gasteiger charge is -2.35. The van der Waals surface area contributed by atoms with Gasteiger partial charge in [-0.05, 0) is 25.0 Å². The lowest BCUT2D eigenvalue weighted by molar-refractivity contribution is -0.0749. The second kappa shape index (κ2) is 8.43. The third-order valence-corrected chi connectivity index (χ3v) is 4.39. The minimum absolute atomic E-state index is 0.0108. The number of nitrogens with zero attached hydrogens (tertiary/aromatic N) is 1. The maximum Gasteiger partial charge on any atom is 0.108 e. The van der Waals surface area contributed by atoms with Gasteiger partial charge in [0.15, 0.2) is 0 Å². The number of rotatable bonds is 6. The Morgan fingerprint density at radius 3 is 1.92 bits per heavy atom. The number of ether oxygens (including phenoxy) is 2. The van der Waals surface area contributed by atoms with Crippen LogP contribution in [-0.4, -0.2) is 43.3 Å². The number of hydrogen-bond donors (Lipinski definition) is 0. The van der Waals surface area contributed by atoms with E-state index in [4.69, 9.17) is 9.47 Å². The first kappa shape index (κ1) is 17.2. The molecule has 3 rings (SSSR count). The van der Waals surface area contributed by atoms with Gasteiger partial charge in [-0.15, -0.1) is 0 Å². The van der Waals surface area contributed by atoms with E-state index in [0.29, 0.717) is 18.8 Å². The summed E-state index contributed by atoms with van der Waals surface area (Å²) in [4.78, 5) is 2.44. The summed E-state index contributed by atoms with van der Waals surface area (Å²) in [5.41, 5.74) is 2.40. The third-order valence-electron chi connectivity index (χ3n) is 4.39. The van der Waals surface area contributed by atoms with Crippen molar-refractivity contribution in [3.05, 3.63) is 71.8 Å². The topological polar surface area (TPSA) is 21.7 Å². The van der Waals surface area contributed by atoms with E-state index in [0.717, 1.165) is 19.6 Å². The number of hydrogen-bond acceptors (Lipinski definition) is 3. The Bertz CT molecular complexity index is 552. The Morgan fingerprint density at radius 2 is 1.42 bits per heavy atom. The zero-order chi connectivity index (χ0) is 16.8. The lowest BCUT2D eigenvalue weighted by Crippen LogP contribution is -2.46. The quantitative estimate of drug-likeness (QED) is 0.804. The molecule has 0 spiro atoms. The van der Waals surface area contributed by atoms with Crippen LogP contribution in [0, 0.1) is 0 Å². The average molecular weight is 325 g/mol. The highest BCUT2D eigenvalue weighted by molar-refractivity contribution is 5.29. The molecule has 2 aromatic carbocycles. The first-order valence-electron chi connectivity index (χ1n) is 8.81. The predicted octanol–water partition coefficient (Wildman–Crippen LogP) is 3.90. The van der Waals surface area contributed by atoms with Crippen molar-refractivity contribution >= 4 is 0 Å². The smallest absolute Gasteiger partial charge is 0.108 e. The minimum Gasteiger partial charge on any atom is -0.373 e. The van der Waals surface area contributed by atoms with Crippen LogP contribution in [0.3, 0.4) is 0 Å². The first-order valence-corrected chi connectivity index (χ1v) is 8.81. The molecule has 0 aliphatic carbocycles. The van der Waals surface area contributed by atoms with Gasteiger partial charge in [-0.3, -0.25) is 4.90 Å². The lowest BCUT2D eigenvalue weighted by atomic mass is 10.0. The van der Waals surface area contributed by atoms with E-state index < -0.39 is 0 Å². The fraction of sp³-hybridized carbons (Fsp3) is 0.429. The summed E-state index contributed by atoms with van der Waals surface area (Å²) >= 11 is 0. The molecule has 0 radical (unpaired) electrons.